The lowest BCUT2D eigenvalue weighted by Gasteiger charge is -2.12. The van der Waals surface area contributed by atoms with Gasteiger partial charge < -0.3 is 5.32 Å². The fourth-order valence-electron chi connectivity index (χ4n) is 2.09. The Labute approximate surface area is 124 Å². The Balaban J connectivity index is 2.31. The number of halogens is 2. The number of nitrogens with one attached hydrogen (secondary N) is 1. The first-order chi connectivity index (χ1) is 9.49. The molecule has 1 nitrogen and oxygen atoms in total. The first-order valence-electron chi connectivity index (χ1n) is 6.76. The Kier molecular flexibility index (Phi) is 4.79. The molecule has 1 N–H and O–H groups in total. The van der Waals surface area contributed by atoms with Crippen LogP contribution >= 0.6 is 11.6 Å². The fraction of sp³-hybridized carbons (Fsp3) is 0.294. The average molecular weight is 292 g/mol. The van der Waals surface area contributed by atoms with Crippen LogP contribution in [0.25, 0.3) is 11.1 Å². The van der Waals surface area contributed by atoms with Crippen molar-refractivity contribution >= 4 is 11.6 Å². The zero-order valence-electron chi connectivity index (χ0n) is 12.0. The van der Waals surface area contributed by atoms with E-state index in [1.807, 2.05) is 24.3 Å². The van der Waals surface area contributed by atoms with Crippen LogP contribution < -0.4 is 5.32 Å². The molecule has 0 saturated carbocycles. The molecule has 0 saturated heterocycles. The number of rotatable bonds is 4. The van der Waals surface area contributed by atoms with Gasteiger partial charge in [0, 0.05) is 17.6 Å². The molecule has 0 unspecified atom stereocenters. The minimum absolute atomic E-state index is 0.191. The second-order valence-electron chi connectivity index (χ2n) is 5.25. The maximum Gasteiger partial charge on any atom is 0.126 e. The zero-order valence-corrected chi connectivity index (χ0v) is 12.8. The summed E-state index contributed by atoms with van der Waals surface area (Å²) in [7, 11) is 0. The van der Waals surface area contributed by atoms with Crippen molar-refractivity contribution in [3.8, 4) is 11.1 Å². The summed E-state index contributed by atoms with van der Waals surface area (Å²) in [4.78, 5) is 0. The van der Waals surface area contributed by atoms with Crippen molar-refractivity contribution in [2.24, 2.45) is 0 Å². The van der Waals surface area contributed by atoms with Crippen molar-refractivity contribution in [1.29, 1.82) is 0 Å². The monoisotopic (exact) mass is 291 g/mol. The highest BCUT2D eigenvalue weighted by molar-refractivity contribution is 6.31. The van der Waals surface area contributed by atoms with E-state index in [9.17, 15) is 4.39 Å². The molecule has 2 rings (SSSR count). The van der Waals surface area contributed by atoms with Crippen LogP contribution in [0, 0.1) is 12.7 Å². The topological polar surface area (TPSA) is 12.0 Å². The molecule has 20 heavy (non-hydrogen) atoms. The van der Waals surface area contributed by atoms with Crippen LogP contribution in [-0.4, -0.2) is 6.04 Å². The molecule has 0 fully saturated rings. The molecule has 0 atom stereocenters. The molecule has 2 aromatic rings. The van der Waals surface area contributed by atoms with Gasteiger partial charge in [0.15, 0.2) is 0 Å². The number of hydrogen-bond donors (Lipinski definition) is 1. The second kappa shape index (κ2) is 6.38. The lowest BCUT2D eigenvalue weighted by atomic mass is 9.99. The molecular formula is C17H19ClFN. The minimum atomic E-state index is -0.191. The van der Waals surface area contributed by atoms with E-state index in [1.54, 1.807) is 13.0 Å². The maximum atomic E-state index is 13.6. The average Bonchev–Trinajstić information content (AvgIpc) is 2.40. The third-order valence-electron chi connectivity index (χ3n) is 3.33. The highest BCUT2D eigenvalue weighted by Gasteiger charge is 2.08. The highest BCUT2D eigenvalue weighted by atomic mass is 35.5. The summed E-state index contributed by atoms with van der Waals surface area (Å²) >= 11 is 6.32. The normalized spacial score (nSPS) is 11.1. The Morgan fingerprint density at radius 3 is 2.60 bits per heavy atom. The zero-order chi connectivity index (χ0) is 14.7. The van der Waals surface area contributed by atoms with Crippen molar-refractivity contribution < 1.29 is 4.39 Å². The standard InChI is InChI=1S/C17H19ClFN/c1-11(2)20-10-14-8-7-13(9-16(14)18)15-5-4-6-17(19)12(15)3/h4-9,11,20H,10H2,1-3H3. The molecule has 0 amide bonds. The van der Waals surface area contributed by atoms with Crippen molar-refractivity contribution in [3.63, 3.8) is 0 Å². The van der Waals surface area contributed by atoms with Gasteiger partial charge in [-0.25, -0.2) is 4.39 Å². The van der Waals surface area contributed by atoms with E-state index in [4.69, 9.17) is 11.6 Å². The third-order valence-corrected chi connectivity index (χ3v) is 3.68. The summed E-state index contributed by atoms with van der Waals surface area (Å²) in [5.41, 5.74) is 3.53. The highest BCUT2D eigenvalue weighted by Crippen LogP contribution is 2.29. The van der Waals surface area contributed by atoms with Crippen LogP contribution in [0.3, 0.4) is 0 Å². The van der Waals surface area contributed by atoms with E-state index < -0.39 is 0 Å². The molecule has 106 valence electrons. The van der Waals surface area contributed by atoms with E-state index in [0.29, 0.717) is 16.6 Å². The smallest absolute Gasteiger partial charge is 0.126 e. The summed E-state index contributed by atoms with van der Waals surface area (Å²) in [6, 6.07) is 11.4. The van der Waals surface area contributed by atoms with Crippen LogP contribution in [0.1, 0.15) is 25.0 Å². The largest absolute Gasteiger partial charge is 0.310 e. The minimum Gasteiger partial charge on any atom is -0.310 e. The first-order valence-corrected chi connectivity index (χ1v) is 7.14. The Morgan fingerprint density at radius 1 is 1.20 bits per heavy atom. The quantitative estimate of drug-likeness (QED) is 0.840. The summed E-state index contributed by atoms with van der Waals surface area (Å²) in [5.74, 6) is -0.191. The van der Waals surface area contributed by atoms with Crippen LogP contribution in [0.2, 0.25) is 5.02 Å². The molecule has 0 aliphatic carbocycles. The molecule has 3 heteroatoms. The van der Waals surface area contributed by atoms with Gasteiger partial charge in [0.05, 0.1) is 0 Å². The van der Waals surface area contributed by atoms with E-state index in [2.05, 4.69) is 19.2 Å². The maximum absolute atomic E-state index is 13.6. The van der Waals surface area contributed by atoms with Crippen LogP contribution in [0.15, 0.2) is 36.4 Å². The fourth-order valence-corrected chi connectivity index (χ4v) is 2.34. The van der Waals surface area contributed by atoms with Gasteiger partial charge in [-0.15, -0.1) is 0 Å². The SMILES string of the molecule is Cc1c(F)cccc1-c1ccc(CNC(C)C)c(Cl)c1. The number of hydrogen-bond acceptors (Lipinski definition) is 1. The van der Waals surface area contributed by atoms with Gasteiger partial charge >= 0.3 is 0 Å². The van der Waals surface area contributed by atoms with Crippen molar-refractivity contribution in [2.75, 3.05) is 0 Å². The predicted molar refractivity (Wildman–Crippen MR) is 83.6 cm³/mol. The summed E-state index contributed by atoms with van der Waals surface area (Å²) in [6.07, 6.45) is 0. The van der Waals surface area contributed by atoms with Gasteiger partial charge in [-0.1, -0.05) is 49.7 Å². The van der Waals surface area contributed by atoms with Gasteiger partial charge in [0.2, 0.25) is 0 Å². The molecule has 0 bridgehead atoms. The lowest BCUT2D eigenvalue weighted by Crippen LogP contribution is -2.21. The van der Waals surface area contributed by atoms with Crippen molar-refractivity contribution in [2.45, 2.75) is 33.4 Å². The van der Waals surface area contributed by atoms with Gasteiger partial charge in [0.1, 0.15) is 5.82 Å². The van der Waals surface area contributed by atoms with Crippen LogP contribution in [0.5, 0.6) is 0 Å². The van der Waals surface area contributed by atoms with E-state index >= 15 is 0 Å². The summed E-state index contributed by atoms with van der Waals surface area (Å²) < 4.78 is 13.6. The van der Waals surface area contributed by atoms with E-state index in [0.717, 1.165) is 23.2 Å². The van der Waals surface area contributed by atoms with Gasteiger partial charge in [0.25, 0.3) is 0 Å². The Morgan fingerprint density at radius 2 is 1.95 bits per heavy atom. The molecule has 0 heterocycles. The van der Waals surface area contributed by atoms with Gasteiger partial charge in [-0.3, -0.25) is 0 Å². The molecule has 0 spiro atoms. The molecule has 0 radical (unpaired) electrons. The molecule has 0 aliphatic rings. The lowest BCUT2D eigenvalue weighted by molar-refractivity contribution is 0.589. The van der Waals surface area contributed by atoms with Crippen LogP contribution in [0.4, 0.5) is 4.39 Å². The van der Waals surface area contributed by atoms with Gasteiger partial charge in [-0.05, 0) is 41.3 Å². The first kappa shape index (κ1) is 15.0. The Bertz CT molecular complexity index is 608. The molecular weight excluding hydrogens is 273 g/mol. The predicted octanol–water partition coefficient (Wildman–Crippen LogP) is 4.95. The van der Waals surface area contributed by atoms with Crippen molar-refractivity contribution in [3.05, 3.63) is 58.4 Å². The van der Waals surface area contributed by atoms with Crippen molar-refractivity contribution in [1.82, 2.24) is 5.32 Å². The summed E-state index contributed by atoms with van der Waals surface area (Å²) in [5, 5.41) is 4.05. The van der Waals surface area contributed by atoms with E-state index in [1.165, 1.54) is 6.07 Å². The molecule has 0 aromatic heterocycles. The second-order valence-corrected chi connectivity index (χ2v) is 5.66. The summed E-state index contributed by atoms with van der Waals surface area (Å²) in [6.45, 7) is 6.71. The molecule has 2 aromatic carbocycles. The molecule has 0 aliphatic heterocycles. The third kappa shape index (κ3) is 3.38. The van der Waals surface area contributed by atoms with E-state index in [-0.39, 0.29) is 5.82 Å². The van der Waals surface area contributed by atoms with Crippen LogP contribution in [-0.2, 0) is 6.54 Å². The van der Waals surface area contributed by atoms with Gasteiger partial charge in [-0.2, -0.15) is 0 Å². The Hall–Kier alpha value is -1.38. The number of benzene rings is 2.